The van der Waals surface area contributed by atoms with Gasteiger partial charge in [-0.2, -0.15) is 0 Å². The first kappa shape index (κ1) is 16.3. The van der Waals surface area contributed by atoms with Crippen molar-refractivity contribution < 1.29 is 9.59 Å². The number of hydrogen-bond donors (Lipinski definition) is 2. The largest absolute Gasteiger partial charge is 0.342 e. The molecule has 120 valence electrons. The molecule has 2 N–H and O–H groups in total. The van der Waals surface area contributed by atoms with Gasteiger partial charge in [-0.3, -0.25) is 14.9 Å². The lowest BCUT2D eigenvalue weighted by Crippen LogP contribution is -2.58. The van der Waals surface area contributed by atoms with E-state index in [-0.39, 0.29) is 23.5 Å². The van der Waals surface area contributed by atoms with Crippen LogP contribution >= 0.6 is 0 Å². The third-order valence-electron chi connectivity index (χ3n) is 4.39. The minimum Gasteiger partial charge on any atom is -0.342 e. The van der Waals surface area contributed by atoms with E-state index in [1.54, 1.807) is 0 Å². The van der Waals surface area contributed by atoms with Gasteiger partial charge in [0.25, 0.3) is 0 Å². The van der Waals surface area contributed by atoms with Gasteiger partial charge in [-0.05, 0) is 18.3 Å². The lowest BCUT2D eigenvalue weighted by molar-refractivity contribution is -0.133. The zero-order valence-electron chi connectivity index (χ0n) is 13.7. The van der Waals surface area contributed by atoms with Crippen molar-refractivity contribution in [3.8, 4) is 0 Å². The Morgan fingerprint density at radius 1 is 1.24 bits per heavy atom. The van der Waals surface area contributed by atoms with E-state index in [4.69, 9.17) is 0 Å². The Kier molecular flexibility index (Phi) is 4.91. The molecule has 2 aliphatic heterocycles. The third kappa shape index (κ3) is 3.96. The van der Waals surface area contributed by atoms with Gasteiger partial charge >= 0.3 is 0 Å². The third-order valence-corrected chi connectivity index (χ3v) is 4.39. The number of carbonyl (C=O) groups is 2. The minimum atomic E-state index is -0.286. The summed E-state index contributed by atoms with van der Waals surface area (Å²) in [5.74, 6) is 1.25. The molecule has 0 aromatic carbocycles. The van der Waals surface area contributed by atoms with Crippen LogP contribution in [0, 0.1) is 11.8 Å². The summed E-state index contributed by atoms with van der Waals surface area (Å²) in [6.07, 6.45) is 3.08. The molecule has 2 heterocycles. The molecule has 2 saturated heterocycles. The average Bonchev–Trinajstić information content (AvgIpc) is 2.64. The molecule has 0 aromatic rings. The van der Waals surface area contributed by atoms with Crippen LogP contribution in [0.15, 0.2) is 0 Å². The molecule has 2 aliphatic rings. The van der Waals surface area contributed by atoms with Crippen LogP contribution in [0.1, 0.15) is 53.4 Å². The Labute approximate surface area is 127 Å². The summed E-state index contributed by atoms with van der Waals surface area (Å²) in [5.41, 5.74) is -0.286. The first-order valence-electron chi connectivity index (χ1n) is 8.19. The maximum atomic E-state index is 12.1. The molecule has 2 rings (SSSR count). The fourth-order valence-corrected chi connectivity index (χ4v) is 3.28. The highest BCUT2D eigenvalue weighted by molar-refractivity contribution is 5.85. The van der Waals surface area contributed by atoms with E-state index in [0.717, 1.165) is 32.4 Å². The van der Waals surface area contributed by atoms with Gasteiger partial charge in [0, 0.05) is 32.4 Å². The molecular weight excluding hydrogens is 266 g/mol. The van der Waals surface area contributed by atoms with Crippen LogP contribution in [0.4, 0.5) is 0 Å². The summed E-state index contributed by atoms with van der Waals surface area (Å²) in [5, 5.41) is 6.63. The summed E-state index contributed by atoms with van der Waals surface area (Å²) >= 11 is 0. The molecule has 0 radical (unpaired) electrons. The maximum Gasteiger partial charge on any atom is 0.238 e. The number of nitrogens with one attached hydrogen (secondary N) is 2. The predicted octanol–water partition coefficient (Wildman–Crippen LogP) is 1.49. The highest BCUT2D eigenvalue weighted by Crippen LogP contribution is 2.26. The Balaban J connectivity index is 1.89. The van der Waals surface area contributed by atoms with Crippen molar-refractivity contribution in [2.24, 2.45) is 11.8 Å². The van der Waals surface area contributed by atoms with Gasteiger partial charge in [-0.1, -0.05) is 27.7 Å². The van der Waals surface area contributed by atoms with E-state index < -0.39 is 0 Å². The number of likely N-dealkylation sites (tertiary alicyclic amines) is 1. The molecule has 21 heavy (non-hydrogen) atoms. The second-order valence-electron chi connectivity index (χ2n) is 7.38. The second kappa shape index (κ2) is 6.34. The van der Waals surface area contributed by atoms with Crippen molar-refractivity contribution in [1.82, 2.24) is 15.5 Å². The normalized spacial score (nSPS) is 25.0. The van der Waals surface area contributed by atoms with E-state index >= 15 is 0 Å². The zero-order chi connectivity index (χ0) is 15.6. The van der Waals surface area contributed by atoms with Crippen LogP contribution in [0.25, 0.3) is 0 Å². The summed E-state index contributed by atoms with van der Waals surface area (Å²) in [4.78, 5) is 26.1. The van der Waals surface area contributed by atoms with E-state index in [9.17, 15) is 9.59 Å². The van der Waals surface area contributed by atoms with E-state index in [1.165, 1.54) is 0 Å². The summed E-state index contributed by atoms with van der Waals surface area (Å²) in [7, 11) is 0. The van der Waals surface area contributed by atoms with E-state index in [1.807, 2.05) is 4.90 Å². The van der Waals surface area contributed by atoms with Crippen molar-refractivity contribution in [3.05, 3.63) is 0 Å². The second-order valence-corrected chi connectivity index (χ2v) is 7.38. The van der Waals surface area contributed by atoms with Crippen molar-refractivity contribution >= 4 is 11.8 Å². The Morgan fingerprint density at radius 3 is 2.38 bits per heavy atom. The fourth-order valence-electron chi connectivity index (χ4n) is 3.28. The van der Waals surface area contributed by atoms with Gasteiger partial charge in [0.05, 0.1) is 11.7 Å². The van der Waals surface area contributed by atoms with Gasteiger partial charge in [-0.25, -0.2) is 0 Å². The quantitative estimate of drug-likeness (QED) is 0.826. The van der Waals surface area contributed by atoms with Crippen LogP contribution in [0.5, 0.6) is 0 Å². The van der Waals surface area contributed by atoms with Crippen molar-refractivity contribution in [2.75, 3.05) is 13.1 Å². The molecule has 2 fully saturated rings. The van der Waals surface area contributed by atoms with Gasteiger partial charge in [-0.15, -0.1) is 0 Å². The molecule has 5 heteroatoms. The summed E-state index contributed by atoms with van der Waals surface area (Å²) < 4.78 is 0. The smallest absolute Gasteiger partial charge is 0.238 e. The Bertz CT molecular complexity index is 398. The number of hydrogen-bond acceptors (Lipinski definition) is 3. The topological polar surface area (TPSA) is 61.4 Å². The lowest BCUT2D eigenvalue weighted by Gasteiger charge is -2.39. The van der Waals surface area contributed by atoms with Crippen molar-refractivity contribution in [2.45, 2.75) is 65.1 Å². The van der Waals surface area contributed by atoms with Gasteiger partial charge in [0.15, 0.2) is 0 Å². The molecule has 5 nitrogen and oxygen atoms in total. The monoisotopic (exact) mass is 295 g/mol. The Morgan fingerprint density at radius 2 is 1.86 bits per heavy atom. The van der Waals surface area contributed by atoms with Gasteiger partial charge in [0.2, 0.25) is 11.8 Å². The summed E-state index contributed by atoms with van der Waals surface area (Å²) in [6, 6.07) is -0.0806. The average molecular weight is 295 g/mol. The number of rotatable bonds is 4. The molecule has 0 bridgehead atoms. The SMILES string of the molecule is CC(C)CC(=O)N1CCC2(CC1)NC(=O)C(CC(C)C)N2. The first-order valence-corrected chi connectivity index (χ1v) is 8.19. The Hall–Kier alpha value is -1.10. The standard InChI is InChI=1S/C16H29N3O2/c1-11(2)9-13-15(21)18-16(17-13)5-7-19(8-6-16)14(20)10-12(3)4/h11-13,17H,5-10H2,1-4H3,(H,18,21). The van der Waals surface area contributed by atoms with Crippen LogP contribution < -0.4 is 10.6 Å². The molecule has 0 aliphatic carbocycles. The molecule has 0 aromatic heterocycles. The molecule has 1 unspecified atom stereocenters. The number of amides is 2. The summed E-state index contributed by atoms with van der Waals surface area (Å²) in [6.45, 7) is 9.86. The van der Waals surface area contributed by atoms with Crippen LogP contribution in [-0.4, -0.2) is 41.5 Å². The maximum absolute atomic E-state index is 12.1. The van der Waals surface area contributed by atoms with Crippen LogP contribution in [0.3, 0.4) is 0 Å². The van der Waals surface area contributed by atoms with E-state index in [0.29, 0.717) is 18.3 Å². The molecule has 1 spiro atoms. The first-order chi connectivity index (χ1) is 9.81. The molecular formula is C16H29N3O2. The van der Waals surface area contributed by atoms with Gasteiger partial charge < -0.3 is 10.2 Å². The van der Waals surface area contributed by atoms with E-state index in [2.05, 4.69) is 38.3 Å². The highest BCUT2D eigenvalue weighted by Gasteiger charge is 2.45. The number of carbonyl (C=O) groups excluding carboxylic acids is 2. The number of nitrogens with zero attached hydrogens (tertiary/aromatic N) is 1. The zero-order valence-corrected chi connectivity index (χ0v) is 13.7. The fraction of sp³-hybridized carbons (Fsp3) is 0.875. The highest BCUT2D eigenvalue weighted by atomic mass is 16.2. The van der Waals surface area contributed by atoms with Crippen molar-refractivity contribution in [3.63, 3.8) is 0 Å². The number of piperidine rings is 1. The van der Waals surface area contributed by atoms with Crippen molar-refractivity contribution in [1.29, 1.82) is 0 Å². The van der Waals surface area contributed by atoms with Crippen LogP contribution in [0.2, 0.25) is 0 Å². The van der Waals surface area contributed by atoms with Crippen LogP contribution in [-0.2, 0) is 9.59 Å². The molecule has 1 atom stereocenters. The minimum absolute atomic E-state index is 0.0806. The predicted molar refractivity (Wildman–Crippen MR) is 82.5 cm³/mol. The molecule has 0 saturated carbocycles. The molecule has 2 amide bonds. The van der Waals surface area contributed by atoms with Gasteiger partial charge in [0.1, 0.15) is 0 Å². The lowest BCUT2D eigenvalue weighted by atomic mass is 9.96.